The highest BCUT2D eigenvalue weighted by atomic mass is 35.5. The van der Waals surface area contributed by atoms with Crippen molar-refractivity contribution in [3.8, 4) is 5.95 Å². The number of imidazole rings is 1. The minimum atomic E-state index is 0.168. The Kier molecular flexibility index (Phi) is 3.79. The van der Waals surface area contributed by atoms with E-state index in [2.05, 4.69) is 37.2 Å². The summed E-state index contributed by atoms with van der Waals surface area (Å²) in [4.78, 5) is 18.8. The van der Waals surface area contributed by atoms with Gasteiger partial charge in [0, 0.05) is 31.5 Å². The summed E-state index contributed by atoms with van der Waals surface area (Å²) in [5.41, 5.74) is 0. The Labute approximate surface area is 122 Å². The topological polar surface area (TPSA) is 71.8 Å². The van der Waals surface area contributed by atoms with Crippen LogP contribution in [0, 0.1) is 0 Å². The summed E-state index contributed by atoms with van der Waals surface area (Å²) in [6.45, 7) is 1.73. The predicted molar refractivity (Wildman–Crippen MR) is 76.1 cm³/mol. The lowest BCUT2D eigenvalue weighted by molar-refractivity contribution is 0.337. The van der Waals surface area contributed by atoms with Crippen LogP contribution < -0.4 is 5.32 Å². The van der Waals surface area contributed by atoms with Crippen molar-refractivity contribution in [1.82, 2.24) is 29.4 Å². The molecule has 2 aromatic heterocycles. The molecule has 2 heterocycles. The lowest BCUT2D eigenvalue weighted by atomic mass is 10.5. The predicted octanol–water partition coefficient (Wildman–Crippen LogP) is 1.22. The summed E-state index contributed by atoms with van der Waals surface area (Å²) >= 11 is 5.92. The third-order valence-electron chi connectivity index (χ3n) is 3.25. The molecule has 0 unspecified atom stereocenters. The van der Waals surface area contributed by atoms with Crippen molar-refractivity contribution in [2.75, 3.05) is 25.5 Å². The van der Waals surface area contributed by atoms with E-state index in [1.165, 1.54) is 12.8 Å². The Morgan fingerprint density at radius 2 is 2.25 bits per heavy atom. The molecule has 3 rings (SSSR count). The van der Waals surface area contributed by atoms with Gasteiger partial charge in [-0.15, -0.1) is 0 Å². The van der Waals surface area contributed by atoms with Crippen LogP contribution in [0.3, 0.4) is 0 Å². The molecule has 2 aromatic rings. The summed E-state index contributed by atoms with van der Waals surface area (Å²) < 4.78 is 1.69. The number of aromatic nitrogens is 5. The Hall–Kier alpha value is -1.73. The Balaban J connectivity index is 1.63. The zero-order chi connectivity index (χ0) is 13.9. The van der Waals surface area contributed by atoms with Crippen molar-refractivity contribution >= 4 is 17.5 Å². The third kappa shape index (κ3) is 3.23. The molecule has 0 radical (unpaired) electrons. The van der Waals surface area contributed by atoms with Crippen LogP contribution in [-0.4, -0.2) is 55.6 Å². The van der Waals surface area contributed by atoms with Crippen molar-refractivity contribution in [2.45, 2.75) is 18.9 Å². The molecule has 0 aliphatic heterocycles. The fraction of sp³-hybridized carbons (Fsp3) is 0.500. The largest absolute Gasteiger partial charge is 0.353 e. The number of likely N-dealkylation sites (N-methyl/N-ethyl adjacent to an activating group) is 1. The van der Waals surface area contributed by atoms with E-state index in [4.69, 9.17) is 11.6 Å². The third-order valence-corrected chi connectivity index (χ3v) is 3.42. The summed E-state index contributed by atoms with van der Waals surface area (Å²) in [6, 6.07) is 0.750. The van der Waals surface area contributed by atoms with Gasteiger partial charge in [-0.25, -0.2) is 4.98 Å². The van der Waals surface area contributed by atoms with E-state index in [0.717, 1.165) is 19.1 Å². The number of nitrogens with one attached hydrogen (secondary N) is 1. The molecule has 1 aliphatic rings. The van der Waals surface area contributed by atoms with E-state index in [9.17, 15) is 0 Å². The number of nitrogens with zero attached hydrogens (tertiary/aromatic N) is 6. The van der Waals surface area contributed by atoms with E-state index >= 15 is 0 Å². The lowest BCUT2D eigenvalue weighted by Gasteiger charge is -2.15. The second-order valence-corrected chi connectivity index (χ2v) is 5.17. The van der Waals surface area contributed by atoms with Crippen LogP contribution in [0.4, 0.5) is 5.95 Å². The van der Waals surface area contributed by atoms with Gasteiger partial charge in [-0.2, -0.15) is 15.0 Å². The average molecular weight is 294 g/mol. The van der Waals surface area contributed by atoms with Crippen LogP contribution in [-0.2, 0) is 0 Å². The number of anilines is 1. The Bertz CT molecular complexity index is 567. The van der Waals surface area contributed by atoms with E-state index in [1.807, 2.05) is 0 Å². The smallest absolute Gasteiger partial charge is 0.241 e. The lowest BCUT2D eigenvalue weighted by Crippen LogP contribution is -2.27. The number of halogens is 1. The van der Waals surface area contributed by atoms with E-state index < -0.39 is 0 Å². The highest BCUT2D eigenvalue weighted by Crippen LogP contribution is 2.24. The van der Waals surface area contributed by atoms with Gasteiger partial charge in [0.1, 0.15) is 6.33 Å². The van der Waals surface area contributed by atoms with Crippen molar-refractivity contribution in [1.29, 1.82) is 0 Å². The van der Waals surface area contributed by atoms with Crippen molar-refractivity contribution in [3.63, 3.8) is 0 Å². The highest BCUT2D eigenvalue weighted by Gasteiger charge is 2.25. The zero-order valence-electron chi connectivity index (χ0n) is 11.2. The Morgan fingerprint density at radius 1 is 1.40 bits per heavy atom. The van der Waals surface area contributed by atoms with Crippen molar-refractivity contribution in [2.24, 2.45) is 0 Å². The average Bonchev–Trinajstić information content (AvgIpc) is 3.13. The molecular formula is C12H16ClN7. The molecule has 0 aromatic carbocycles. The van der Waals surface area contributed by atoms with Gasteiger partial charge in [0.25, 0.3) is 0 Å². The van der Waals surface area contributed by atoms with E-state index in [0.29, 0.717) is 11.9 Å². The first-order valence-corrected chi connectivity index (χ1v) is 6.94. The molecule has 0 bridgehead atoms. The molecule has 1 fully saturated rings. The highest BCUT2D eigenvalue weighted by molar-refractivity contribution is 6.28. The van der Waals surface area contributed by atoms with Crippen LogP contribution in [0.1, 0.15) is 12.8 Å². The van der Waals surface area contributed by atoms with E-state index in [-0.39, 0.29) is 5.28 Å². The molecule has 1 saturated carbocycles. The molecule has 1 aliphatic carbocycles. The van der Waals surface area contributed by atoms with Crippen LogP contribution in [0.15, 0.2) is 18.7 Å². The second-order valence-electron chi connectivity index (χ2n) is 4.84. The summed E-state index contributed by atoms with van der Waals surface area (Å²) in [5, 5.41) is 3.35. The molecule has 106 valence electrons. The Morgan fingerprint density at radius 3 is 2.95 bits per heavy atom. The molecule has 0 atom stereocenters. The maximum atomic E-state index is 5.92. The van der Waals surface area contributed by atoms with Gasteiger partial charge >= 0.3 is 0 Å². The quantitative estimate of drug-likeness (QED) is 0.863. The first-order chi connectivity index (χ1) is 9.72. The maximum Gasteiger partial charge on any atom is 0.241 e. The fourth-order valence-corrected chi connectivity index (χ4v) is 2.11. The maximum absolute atomic E-state index is 5.92. The molecule has 8 heteroatoms. The van der Waals surface area contributed by atoms with Gasteiger partial charge in [-0.05, 0) is 31.5 Å². The molecule has 0 spiro atoms. The standard InChI is InChI=1S/C12H16ClN7/c1-19(9-2-3-9)6-5-15-11-16-10(13)17-12(18-11)20-7-4-14-8-20/h4,7-9H,2-3,5-6H2,1H3,(H,15,16,17,18). The zero-order valence-corrected chi connectivity index (χ0v) is 12.0. The van der Waals surface area contributed by atoms with Gasteiger partial charge in [-0.1, -0.05) is 0 Å². The molecule has 7 nitrogen and oxygen atoms in total. The number of hydrogen-bond acceptors (Lipinski definition) is 6. The normalized spacial score (nSPS) is 14.8. The molecular weight excluding hydrogens is 278 g/mol. The van der Waals surface area contributed by atoms with E-state index in [1.54, 1.807) is 23.3 Å². The van der Waals surface area contributed by atoms with Crippen LogP contribution >= 0.6 is 11.6 Å². The summed E-state index contributed by atoms with van der Waals surface area (Å²) in [7, 11) is 2.14. The van der Waals surface area contributed by atoms with Crippen molar-refractivity contribution < 1.29 is 0 Å². The van der Waals surface area contributed by atoms with Gasteiger partial charge in [0.15, 0.2) is 0 Å². The van der Waals surface area contributed by atoms with Crippen LogP contribution in [0.25, 0.3) is 5.95 Å². The van der Waals surface area contributed by atoms with Gasteiger partial charge in [0.2, 0.25) is 17.2 Å². The second kappa shape index (κ2) is 5.72. The molecule has 0 saturated heterocycles. The monoisotopic (exact) mass is 293 g/mol. The first kappa shape index (κ1) is 13.3. The minimum absolute atomic E-state index is 0.168. The first-order valence-electron chi connectivity index (χ1n) is 6.56. The molecule has 20 heavy (non-hydrogen) atoms. The molecule has 0 amide bonds. The number of hydrogen-bond donors (Lipinski definition) is 1. The van der Waals surface area contributed by atoms with Gasteiger partial charge in [-0.3, -0.25) is 4.57 Å². The fourth-order valence-electron chi connectivity index (χ4n) is 1.95. The van der Waals surface area contributed by atoms with Gasteiger partial charge < -0.3 is 10.2 Å². The van der Waals surface area contributed by atoms with Gasteiger partial charge in [0.05, 0.1) is 0 Å². The van der Waals surface area contributed by atoms with Crippen LogP contribution in [0.5, 0.6) is 0 Å². The number of rotatable bonds is 6. The molecule has 1 N–H and O–H groups in total. The SMILES string of the molecule is CN(CCNc1nc(Cl)nc(-n2ccnc2)n1)C1CC1. The summed E-state index contributed by atoms with van der Waals surface area (Å²) in [5.74, 6) is 0.943. The summed E-state index contributed by atoms with van der Waals surface area (Å²) in [6.07, 6.45) is 7.65. The minimum Gasteiger partial charge on any atom is -0.353 e. The van der Waals surface area contributed by atoms with Crippen molar-refractivity contribution in [3.05, 3.63) is 24.0 Å². The van der Waals surface area contributed by atoms with Crippen LogP contribution in [0.2, 0.25) is 5.28 Å².